The molecular formula is C11H19N3O. The van der Waals surface area contributed by atoms with Crippen molar-refractivity contribution >= 4 is 0 Å². The van der Waals surface area contributed by atoms with Gasteiger partial charge in [-0.05, 0) is 32.4 Å². The summed E-state index contributed by atoms with van der Waals surface area (Å²) in [6.07, 6.45) is 8.22. The molecular weight excluding hydrogens is 190 g/mol. The highest BCUT2D eigenvalue weighted by molar-refractivity contribution is 4.92. The van der Waals surface area contributed by atoms with Gasteiger partial charge in [-0.3, -0.25) is 4.90 Å². The van der Waals surface area contributed by atoms with Gasteiger partial charge >= 0.3 is 0 Å². The van der Waals surface area contributed by atoms with E-state index in [1.54, 1.807) is 6.26 Å². The summed E-state index contributed by atoms with van der Waals surface area (Å²) in [5.41, 5.74) is 6.66. The molecule has 1 unspecified atom stereocenters. The van der Waals surface area contributed by atoms with Gasteiger partial charge in [-0.2, -0.15) is 0 Å². The molecule has 1 aliphatic heterocycles. The van der Waals surface area contributed by atoms with Crippen molar-refractivity contribution < 1.29 is 4.42 Å². The molecule has 4 heteroatoms. The number of oxazole rings is 1. The Kier molecular flexibility index (Phi) is 3.75. The van der Waals surface area contributed by atoms with Crippen LogP contribution in [0.2, 0.25) is 0 Å². The highest BCUT2D eigenvalue weighted by atomic mass is 16.3. The summed E-state index contributed by atoms with van der Waals surface area (Å²) in [5, 5.41) is 0. The molecule has 0 saturated carbocycles. The minimum absolute atomic E-state index is 0.639. The van der Waals surface area contributed by atoms with Crippen molar-refractivity contribution in [3.8, 4) is 0 Å². The Balaban J connectivity index is 1.92. The van der Waals surface area contributed by atoms with E-state index >= 15 is 0 Å². The summed E-state index contributed by atoms with van der Waals surface area (Å²) in [7, 11) is 0. The Morgan fingerprint density at radius 3 is 3.20 bits per heavy atom. The van der Waals surface area contributed by atoms with Crippen LogP contribution in [0.1, 0.15) is 31.4 Å². The van der Waals surface area contributed by atoms with Crippen molar-refractivity contribution in [3.05, 3.63) is 18.4 Å². The number of nitrogens with two attached hydrogens (primary N) is 1. The second-order valence-corrected chi connectivity index (χ2v) is 4.18. The molecule has 2 N–H and O–H groups in total. The zero-order valence-corrected chi connectivity index (χ0v) is 9.06. The lowest BCUT2D eigenvalue weighted by atomic mass is 9.99. The molecule has 1 atom stereocenters. The van der Waals surface area contributed by atoms with E-state index in [1.807, 2.05) is 0 Å². The van der Waals surface area contributed by atoms with Gasteiger partial charge in [0.05, 0.1) is 5.69 Å². The maximum absolute atomic E-state index is 5.63. The fraction of sp³-hybridized carbons (Fsp3) is 0.727. The number of piperidine rings is 1. The maximum Gasteiger partial charge on any atom is 0.180 e. The molecule has 1 aromatic heterocycles. The normalized spacial score (nSPS) is 23.1. The zero-order chi connectivity index (χ0) is 10.5. The van der Waals surface area contributed by atoms with E-state index < -0.39 is 0 Å². The molecule has 1 aromatic rings. The van der Waals surface area contributed by atoms with E-state index in [0.717, 1.165) is 31.7 Å². The quantitative estimate of drug-likeness (QED) is 0.814. The summed E-state index contributed by atoms with van der Waals surface area (Å²) in [6.45, 7) is 2.85. The Hall–Kier alpha value is -0.870. The first-order valence-electron chi connectivity index (χ1n) is 5.71. The van der Waals surface area contributed by atoms with E-state index in [4.69, 9.17) is 10.2 Å². The van der Waals surface area contributed by atoms with Gasteiger partial charge in [0.1, 0.15) is 6.26 Å². The van der Waals surface area contributed by atoms with Crippen LogP contribution in [0.5, 0.6) is 0 Å². The van der Waals surface area contributed by atoms with Crippen molar-refractivity contribution in [1.82, 2.24) is 9.88 Å². The number of hydrogen-bond acceptors (Lipinski definition) is 4. The summed E-state index contributed by atoms with van der Waals surface area (Å²) >= 11 is 0. The van der Waals surface area contributed by atoms with E-state index in [1.165, 1.54) is 25.7 Å². The van der Waals surface area contributed by atoms with Gasteiger partial charge in [0.15, 0.2) is 6.39 Å². The van der Waals surface area contributed by atoms with Gasteiger partial charge in [0.2, 0.25) is 0 Å². The van der Waals surface area contributed by atoms with Crippen LogP contribution in [0.4, 0.5) is 0 Å². The first kappa shape index (κ1) is 10.6. The fourth-order valence-electron chi connectivity index (χ4n) is 2.31. The molecule has 1 fully saturated rings. The molecule has 1 saturated heterocycles. The van der Waals surface area contributed by atoms with Crippen molar-refractivity contribution in [2.75, 3.05) is 13.1 Å². The second-order valence-electron chi connectivity index (χ2n) is 4.18. The molecule has 1 aliphatic rings. The van der Waals surface area contributed by atoms with Gasteiger partial charge < -0.3 is 10.2 Å². The molecule has 0 radical (unpaired) electrons. The van der Waals surface area contributed by atoms with Gasteiger partial charge in [-0.15, -0.1) is 0 Å². The molecule has 0 aliphatic carbocycles. The average Bonchev–Trinajstić information content (AvgIpc) is 2.74. The lowest BCUT2D eigenvalue weighted by Gasteiger charge is -2.35. The largest absolute Gasteiger partial charge is 0.451 e. The minimum Gasteiger partial charge on any atom is -0.451 e. The summed E-state index contributed by atoms with van der Waals surface area (Å²) in [4.78, 5) is 6.65. The first-order valence-corrected chi connectivity index (χ1v) is 5.71. The number of likely N-dealkylation sites (tertiary alicyclic amines) is 1. The standard InChI is InChI=1S/C11H19N3O/c12-5-4-11-3-1-2-6-14(11)7-10-8-15-9-13-10/h8-9,11H,1-7,12H2. The van der Waals surface area contributed by atoms with E-state index in [0.29, 0.717) is 6.04 Å². The number of nitrogens with zero attached hydrogens (tertiary/aromatic N) is 2. The third-order valence-electron chi connectivity index (χ3n) is 3.10. The summed E-state index contributed by atoms with van der Waals surface area (Å²) in [5.74, 6) is 0. The molecule has 0 amide bonds. The van der Waals surface area contributed by atoms with Gasteiger partial charge in [0, 0.05) is 12.6 Å². The topological polar surface area (TPSA) is 55.3 Å². The Bertz CT molecular complexity index is 271. The van der Waals surface area contributed by atoms with Crippen LogP contribution in [-0.2, 0) is 6.54 Å². The molecule has 0 bridgehead atoms. The van der Waals surface area contributed by atoms with Crippen LogP contribution in [0.15, 0.2) is 17.1 Å². The SMILES string of the molecule is NCCC1CCCCN1Cc1cocn1. The third-order valence-corrected chi connectivity index (χ3v) is 3.10. The first-order chi connectivity index (χ1) is 7.40. The Morgan fingerprint density at radius 1 is 1.53 bits per heavy atom. The molecule has 84 valence electrons. The average molecular weight is 209 g/mol. The zero-order valence-electron chi connectivity index (χ0n) is 9.06. The minimum atomic E-state index is 0.639. The number of aromatic nitrogens is 1. The highest BCUT2D eigenvalue weighted by Gasteiger charge is 2.22. The number of rotatable bonds is 4. The lowest BCUT2D eigenvalue weighted by Crippen LogP contribution is -2.40. The molecule has 0 aromatic carbocycles. The van der Waals surface area contributed by atoms with E-state index in [-0.39, 0.29) is 0 Å². The molecule has 4 nitrogen and oxygen atoms in total. The van der Waals surface area contributed by atoms with Crippen LogP contribution < -0.4 is 5.73 Å². The van der Waals surface area contributed by atoms with Crippen LogP contribution in [0, 0.1) is 0 Å². The van der Waals surface area contributed by atoms with Crippen molar-refractivity contribution in [2.45, 2.75) is 38.3 Å². The van der Waals surface area contributed by atoms with Crippen LogP contribution in [-0.4, -0.2) is 29.0 Å². The molecule has 2 rings (SSSR count). The molecule has 15 heavy (non-hydrogen) atoms. The van der Waals surface area contributed by atoms with Crippen molar-refractivity contribution in [1.29, 1.82) is 0 Å². The highest BCUT2D eigenvalue weighted by Crippen LogP contribution is 2.20. The maximum atomic E-state index is 5.63. The van der Waals surface area contributed by atoms with Crippen LogP contribution in [0.25, 0.3) is 0 Å². The Labute approximate surface area is 90.5 Å². The van der Waals surface area contributed by atoms with E-state index in [9.17, 15) is 0 Å². The monoisotopic (exact) mass is 209 g/mol. The van der Waals surface area contributed by atoms with E-state index in [2.05, 4.69) is 9.88 Å². The summed E-state index contributed by atoms with van der Waals surface area (Å²) in [6, 6.07) is 0.639. The summed E-state index contributed by atoms with van der Waals surface area (Å²) < 4.78 is 4.99. The molecule has 2 heterocycles. The predicted molar refractivity (Wildman–Crippen MR) is 58.2 cm³/mol. The molecule has 0 spiro atoms. The number of hydrogen-bond donors (Lipinski definition) is 1. The second kappa shape index (κ2) is 5.28. The van der Waals surface area contributed by atoms with Crippen LogP contribution >= 0.6 is 0 Å². The predicted octanol–water partition coefficient (Wildman–Crippen LogP) is 1.38. The Morgan fingerprint density at radius 2 is 2.47 bits per heavy atom. The lowest BCUT2D eigenvalue weighted by molar-refractivity contribution is 0.132. The van der Waals surface area contributed by atoms with Gasteiger partial charge in [0.25, 0.3) is 0 Å². The van der Waals surface area contributed by atoms with Crippen molar-refractivity contribution in [2.24, 2.45) is 5.73 Å². The van der Waals surface area contributed by atoms with Gasteiger partial charge in [-0.1, -0.05) is 6.42 Å². The fourth-order valence-corrected chi connectivity index (χ4v) is 2.31. The smallest absolute Gasteiger partial charge is 0.180 e. The van der Waals surface area contributed by atoms with Crippen molar-refractivity contribution in [3.63, 3.8) is 0 Å². The van der Waals surface area contributed by atoms with Gasteiger partial charge in [-0.25, -0.2) is 4.98 Å². The third kappa shape index (κ3) is 2.79. The van der Waals surface area contributed by atoms with Crippen LogP contribution in [0.3, 0.4) is 0 Å².